The zero-order valence-corrected chi connectivity index (χ0v) is 14.3. The van der Waals surface area contributed by atoms with Crippen LogP contribution in [0, 0.1) is 6.92 Å². The molecule has 1 aromatic rings. The van der Waals surface area contributed by atoms with Gasteiger partial charge in [0.25, 0.3) is 0 Å². The molecule has 0 bridgehead atoms. The smallest absolute Gasteiger partial charge is 0.236 e. The van der Waals surface area contributed by atoms with E-state index in [4.69, 9.17) is 4.74 Å². The van der Waals surface area contributed by atoms with Crippen LogP contribution in [0.3, 0.4) is 0 Å². The number of aryl methyl sites for hydroxylation is 1. The Morgan fingerprint density at radius 1 is 1.38 bits per heavy atom. The number of hydrogen-bond acceptors (Lipinski definition) is 6. The summed E-state index contributed by atoms with van der Waals surface area (Å²) in [6.07, 6.45) is 3.66. The van der Waals surface area contributed by atoms with Crippen LogP contribution in [0.5, 0.6) is 0 Å². The van der Waals surface area contributed by atoms with Gasteiger partial charge < -0.3 is 14.7 Å². The molecule has 1 atom stereocenters. The number of carbonyl (C=O) groups excluding carboxylic acids is 1. The van der Waals surface area contributed by atoms with Gasteiger partial charge in [-0.2, -0.15) is 0 Å². The van der Waals surface area contributed by atoms with Gasteiger partial charge in [0.1, 0.15) is 5.82 Å². The van der Waals surface area contributed by atoms with Gasteiger partial charge in [0.2, 0.25) is 5.91 Å². The molecule has 1 amide bonds. The number of amides is 1. The van der Waals surface area contributed by atoms with Crippen molar-refractivity contribution in [3.63, 3.8) is 0 Å². The molecule has 2 fully saturated rings. The van der Waals surface area contributed by atoms with Crippen molar-refractivity contribution in [2.24, 2.45) is 0 Å². The topological polar surface area (TPSA) is 78.8 Å². The van der Waals surface area contributed by atoms with E-state index in [1.54, 1.807) is 6.20 Å². The molecule has 0 spiro atoms. The molecule has 0 aromatic carbocycles. The molecule has 2 aliphatic heterocycles. The highest BCUT2D eigenvalue weighted by molar-refractivity contribution is 5.78. The Labute approximate surface area is 142 Å². The van der Waals surface area contributed by atoms with Gasteiger partial charge in [-0.25, -0.2) is 9.97 Å². The van der Waals surface area contributed by atoms with Gasteiger partial charge in [-0.1, -0.05) is 0 Å². The fourth-order valence-electron chi connectivity index (χ4n) is 3.47. The lowest BCUT2D eigenvalue weighted by atomic mass is 9.92. The van der Waals surface area contributed by atoms with Crippen molar-refractivity contribution in [1.29, 1.82) is 0 Å². The van der Waals surface area contributed by atoms with Crippen LogP contribution in [0.2, 0.25) is 0 Å². The number of aromatic nitrogens is 2. The maximum atomic E-state index is 12.6. The second-order valence-electron chi connectivity index (χ2n) is 6.55. The number of aliphatic hydroxyl groups is 1. The van der Waals surface area contributed by atoms with Crippen LogP contribution >= 0.6 is 0 Å². The summed E-state index contributed by atoms with van der Waals surface area (Å²) in [4.78, 5) is 25.4. The summed E-state index contributed by atoms with van der Waals surface area (Å²) >= 11 is 0. The number of carbonyl (C=O) groups is 1. The average Bonchev–Trinajstić information content (AvgIpc) is 2.62. The second-order valence-corrected chi connectivity index (χ2v) is 6.55. The third-order valence-corrected chi connectivity index (χ3v) is 4.81. The molecule has 0 saturated carbocycles. The van der Waals surface area contributed by atoms with Crippen molar-refractivity contribution >= 4 is 5.91 Å². The highest BCUT2D eigenvalue weighted by atomic mass is 16.5. The average molecular weight is 334 g/mol. The fraction of sp³-hybridized carbons (Fsp3) is 0.706. The Hall–Kier alpha value is -1.57. The summed E-state index contributed by atoms with van der Waals surface area (Å²) in [6, 6.07) is 0. The molecular weight excluding hydrogens is 308 g/mol. The van der Waals surface area contributed by atoms with E-state index >= 15 is 0 Å². The van der Waals surface area contributed by atoms with E-state index in [0.717, 1.165) is 43.7 Å². The minimum atomic E-state index is -0.0617. The van der Waals surface area contributed by atoms with Crippen LogP contribution in [-0.2, 0) is 16.1 Å². The van der Waals surface area contributed by atoms with Crippen LogP contribution in [0.1, 0.15) is 35.8 Å². The zero-order valence-electron chi connectivity index (χ0n) is 14.3. The predicted octanol–water partition coefficient (Wildman–Crippen LogP) is 0.316. The van der Waals surface area contributed by atoms with Gasteiger partial charge in [0.05, 0.1) is 32.1 Å². The third-order valence-electron chi connectivity index (χ3n) is 4.81. The molecule has 2 saturated heterocycles. The Morgan fingerprint density at radius 2 is 2.17 bits per heavy atom. The molecule has 3 heterocycles. The van der Waals surface area contributed by atoms with Crippen molar-refractivity contribution in [2.45, 2.75) is 32.3 Å². The number of hydrogen-bond donors (Lipinski definition) is 1. The quantitative estimate of drug-likeness (QED) is 0.854. The van der Waals surface area contributed by atoms with Gasteiger partial charge in [-0.05, 0) is 19.8 Å². The maximum absolute atomic E-state index is 12.6. The standard InChI is InChI=1S/C17H26N4O3/c1-13-18-9-15(12-22)17(19-13)14-3-2-4-21(10-14)16(23)11-20-5-7-24-8-6-20/h9,14,22H,2-8,10-12H2,1H3. The molecule has 1 unspecified atom stereocenters. The van der Waals surface area contributed by atoms with E-state index in [1.807, 2.05) is 11.8 Å². The van der Waals surface area contributed by atoms with E-state index in [9.17, 15) is 9.90 Å². The van der Waals surface area contributed by atoms with E-state index < -0.39 is 0 Å². The van der Waals surface area contributed by atoms with Crippen LogP contribution in [0.4, 0.5) is 0 Å². The molecule has 24 heavy (non-hydrogen) atoms. The first-order chi connectivity index (χ1) is 11.7. The van der Waals surface area contributed by atoms with E-state index in [2.05, 4.69) is 14.9 Å². The van der Waals surface area contributed by atoms with Gasteiger partial charge in [-0.3, -0.25) is 9.69 Å². The number of piperidine rings is 1. The summed E-state index contributed by atoms with van der Waals surface area (Å²) in [6.45, 7) is 6.79. The number of likely N-dealkylation sites (tertiary alicyclic amines) is 1. The van der Waals surface area contributed by atoms with Crippen molar-refractivity contribution in [2.75, 3.05) is 45.9 Å². The first kappa shape index (κ1) is 17.3. The second kappa shape index (κ2) is 8.00. The van der Waals surface area contributed by atoms with E-state index in [-0.39, 0.29) is 18.4 Å². The highest BCUT2D eigenvalue weighted by Crippen LogP contribution is 2.28. The molecule has 7 heteroatoms. The normalized spacial score (nSPS) is 22.6. The van der Waals surface area contributed by atoms with Crippen molar-refractivity contribution in [3.8, 4) is 0 Å². The minimum Gasteiger partial charge on any atom is -0.392 e. The third kappa shape index (κ3) is 4.09. The SMILES string of the molecule is Cc1ncc(CO)c(C2CCCN(C(=O)CN3CCOCC3)C2)n1. The summed E-state index contributed by atoms with van der Waals surface area (Å²) in [5.74, 6) is 1.06. The van der Waals surface area contributed by atoms with Crippen molar-refractivity contribution in [3.05, 3.63) is 23.3 Å². The molecule has 132 valence electrons. The van der Waals surface area contributed by atoms with Crippen LogP contribution in [0.25, 0.3) is 0 Å². The number of ether oxygens (including phenoxy) is 1. The van der Waals surface area contributed by atoms with Crippen LogP contribution in [0.15, 0.2) is 6.20 Å². The maximum Gasteiger partial charge on any atom is 0.236 e. The number of nitrogens with zero attached hydrogens (tertiary/aromatic N) is 4. The molecule has 0 aliphatic carbocycles. The summed E-state index contributed by atoms with van der Waals surface area (Å²) < 4.78 is 5.33. The lowest BCUT2D eigenvalue weighted by Gasteiger charge is -2.35. The summed E-state index contributed by atoms with van der Waals surface area (Å²) in [5, 5.41) is 9.55. The molecule has 1 aromatic heterocycles. The van der Waals surface area contributed by atoms with Gasteiger partial charge in [0, 0.05) is 43.9 Å². The molecular formula is C17H26N4O3. The van der Waals surface area contributed by atoms with Gasteiger partial charge >= 0.3 is 0 Å². The lowest BCUT2D eigenvalue weighted by Crippen LogP contribution is -2.47. The van der Waals surface area contributed by atoms with Gasteiger partial charge in [-0.15, -0.1) is 0 Å². The Balaban J connectivity index is 1.65. The Bertz CT molecular complexity index is 575. The van der Waals surface area contributed by atoms with Crippen molar-refractivity contribution < 1.29 is 14.6 Å². The number of rotatable bonds is 4. The summed E-state index contributed by atoms with van der Waals surface area (Å²) in [5.41, 5.74) is 1.67. The monoisotopic (exact) mass is 334 g/mol. The first-order valence-electron chi connectivity index (χ1n) is 8.68. The molecule has 1 N–H and O–H groups in total. The number of morpholine rings is 1. The fourth-order valence-corrected chi connectivity index (χ4v) is 3.47. The zero-order chi connectivity index (χ0) is 16.9. The van der Waals surface area contributed by atoms with E-state index in [0.29, 0.717) is 32.1 Å². The molecule has 3 rings (SSSR count). The highest BCUT2D eigenvalue weighted by Gasteiger charge is 2.28. The van der Waals surface area contributed by atoms with Gasteiger partial charge in [0.15, 0.2) is 0 Å². The largest absolute Gasteiger partial charge is 0.392 e. The Morgan fingerprint density at radius 3 is 2.92 bits per heavy atom. The first-order valence-corrected chi connectivity index (χ1v) is 8.68. The molecule has 2 aliphatic rings. The molecule has 0 radical (unpaired) electrons. The van der Waals surface area contributed by atoms with Crippen LogP contribution < -0.4 is 0 Å². The lowest BCUT2D eigenvalue weighted by molar-refractivity contribution is -0.134. The predicted molar refractivity (Wildman–Crippen MR) is 88.5 cm³/mol. The van der Waals surface area contributed by atoms with Crippen molar-refractivity contribution in [1.82, 2.24) is 19.8 Å². The van der Waals surface area contributed by atoms with Crippen LogP contribution in [-0.4, -0.2) is 76.7 Å². The Kier molecular flexibility index (Phi) is 5.76. The van der Waals surface area contributed by atoms with E-state index in [1.165, 1.54) is 0 Å². The molecule has 7 nitrogen and oxygen atoms in total. The number of aliphatic hydroxyl groups excluding tert-OH is 1. The summed E-state index contributed by atoms with van der Waals surface area (Å²) in [7, 11) is 0. The minimum absolute atomic E-state index is 0.0617.